The molecule has 0 bridgehead atoms. The predicted molar refractivity (Wildman–Crippen MR) is 86.1 cm³/mol. The van der Waals surface area contributed by atoms with Crippen LogP contribution in [0, 0.1) is 6.92 Å². The van der Waals surface area contributed by atoms with Crippen molar-refractivity contribution in [3.63, 3.8) is 0 Å². The lowest BCUT2D eigenvalue weighted by molar-refractivity contribution is 0.279. The second kappa shape index (κ2) is 9.14. The molecule has 0 aliphatic rings. The fourth-order valence-corrected chi connectivity index (χ4v) is 2.61. The monoisotopic (exact) mass is 280 g/mol. The number of aryl methyl sites for hydroxylation is 2. The zero-order chi connectivity index (χ0) is 15.0. The van der Waals surface area contributed by atoms with E-state index in [1.807, 2.05) is 11.7 Å². The van der Waals surface area contributed by atoms with Gasteiger partial charge >= 0.3 is 0 Å². The third kappa shape index (κ3) is 5.63. The van der Waals surface area contributed by atoms with E-state index >= 15 is 0 Å². The van der Waals surface area contributed by atoms with Crippen LogP contribution in [0.2, 0.25) is 0 Å². The van der Waals surface area contributed by atoms with Gasteiger partial charge in [-0.15, -0.1) is 0 Å². The first-order valence-electron chi connectivity index (χ1n) is 8.05. The van der Waals surface area contributed by atoms with Crippen LogP contribution in [0.15, 0.2) is 6.07 Å². The fourth-order valence-electron chi connectivity index (χ4n) is 2.61. The molecule has 0 aliphatic heterocycles. The van der Waals surface area contributed by atoms with E-state index in [0.29, 0.717) is 6.04 Å². The Kier molecular flexibility index (Phi) is 7.85. The van der Waals surface area contributed by atoms with Crippen molar-refractivity contribution in [1.29, 1.82) is 0 Å². The molecule has 0 fully saturated rings. The summed E-state index contributed by atoms with van der Waals surface area (Å²) in [5.74, 6) is 0. The van der Waals surface area contributed by atoms with E-state index in [-0.39, 0.29) is 0 Å². The van der Waals surface area contributed by atoms with Gasteiger partial charge in [0.1, 0.15) is 0 Å². The van der Waals surface area contributed by atoms with E-state index in [2.05, 4.69) is 49.1 Å². The number of nitrogens with one attached hydrogen (secondary N) is 1. The van der Waals surface area contributed by atoms with Gasteiger partial charge in [-0.1, -0.05) is 20.8 Å². The Morgan fingerprint density at radius 3 is 2.50 bits per heavy atom. The van der Waals surface area contributed by atoms with Gasteiger partial charge in [0.05, 0.1) is 5.69 Å². The second-order valence-electron chi connectivity index (χ2n) is 5.57. The van der Waals surface area contributed by atoms with Crippen molar-refractivity contribution < 1.29 is 0 Å². The molecule has 0 aliphatic carbocycles. The van der Waals surface area contributed by atoms with Crippen molar-refractivity contribution in [2.45, 2.75) is 53.0 Å². The van der Waals surface area contributed by atoms with Gasteiger partial charge in [-0.3, -0.25) is 4.68 Å². The molecule has 0 aromatic carbocycles. The molecule has 1 aromatic rings. The first kappa shape index (κ1) is 17.2. The average molecular weight is 280 g/mol. The zero-order valence-corrected chi connectivity index (χ0v) is 13.9. The Balaban J connectivity index is 2.57. The minimum Gasteiger partial charge on any atom is -0.314 e. The maximum Gasteiger partial charge on any atom is 0.0596 e. The van der Waals surface area contributed by atoms with Crippen LogP contribution in [0.3, 0.4) is 0 Å². The molecule has 1 rings (SSSR count). The number of hydrogen-bond acceptors (Lipinski definition) is 3. The maximum absolute atomic E-state index is 4.45. The van der Waals surface area contributed by atoms with Crippen LogP contribution < -0.4 is 5.32 Å². The van der Waals surface area contributed by atoms with Crippen molar-refractivity contribution >= 4 is 0 Å². The first-order valence-corrected chi connectivity index (χ1v) is 8.05. The zero-order valence-electron chi connectivity index (χ0n) is 13.9. The normalized spacial score (nSPS) is 13.1. The number of nitrogens with zero attached hydrogens (tertiary/aromatic N) is 3. The Labute approximate surface area is 124 Å². The van der Waals surface area contributed by atoms with E-state index in [1.54, 1.807) is 0 Å². The van der Waals surface area contributed by atoms with E-state index in [1.165, 1.54) is 25.1 Å². The lowest BCUT2D eigenvalue weighted by Crippen LogP contribution is -2.36. The molecule has 1 unspecified atom stereocenters. The second-order valence-corrected chi connectivity index (χ2v) is 5.57. The topological polar surface area (TPSA) is 33.1 Å². The summed E-state index contributed by atoms with van der Waals surface area (Å²) in [5.41, 5.74) is 2.44. The van der Waals surface area contributed by atoms with Gasteiger partial charge in [-0.2, -0.15) is 5.10 Å². The summed E-state index contributed by atoms with van der Waals surface area (Å²) in [6, 6.07) is 2.75. The molecule has 0 amide bonds. The van der Waals surface area contributed by atoms with Gasteiger partial charge in [-0.05, 0) is 52.0 Å². The quantitative estimate of drug-likeness (QED) is 0.714. The molecule has 0 saturated heterocycles. The molecular formula is C16H32N4. The van der Waals surface area contributed by atoms with Gasteiger partial charge in [0.25, 0.3) is 0 Å². The molecule has 1 heterocycles. The highest BCUT2D eigenvalue weighted by Crippen LogP contribution is 2.08. The van der Waals surface area contributed by atoms with Gasteiger partial charge in [-0.25, -0.2) is 0 Å². The average Bonchev–Trinajstić information content (AvgIpc) is 2.74. The van der Waals surface area contributed by atoms with Crippen LogP contribution in [0.4, 0.5) is 0 Å². The highest BCUT2D eigenvalue weighted by atomic mass is 15.3. The van der Waals surface area contributed by atoms with Crippen LogP contribution in [-0.4, -0.2) is 46.9 Å². The molecule has 4 nitrogen and oxygen atoms in total. The summed E-state index contributed by atoms with van der Waals surface area (Å²) in [6.45, 7) is 13.3. The standard InChI is InChI=1S/C16H32N4/c1-6-10-17-15(9-11-20(7-2)8-3)13-16-12-14(4)18-19(16)5/h12,15,17H,6-11,13H2,1-5H3. The smallest absolute Gasteiger partial charge is 0.0596 e. The maximum atomic E-state index is 4.45. The van der Waals surface area contributed by atoms with E-state index < -0.39 is 0 Å². The van der Waals surface area contributed by atoms with Gasteiger partial charge < -0.3 is 10.2 Å². The largest absolute Gasteiger partial charge is 0.314 e. The highest BCUT2D eigenvalue weighted by Gasteiger charge is 2.13. The predicted octanol–water partition coefficient (Wildman–Crippen LogP) is 2.37. The van der Waals surface area contributed by atoms with Crippen LogP contribution >= 0.6 is 0 Å². The summed E-state index contributed by atoms with van der Waals surface area (Å²) < 4.78 is 2.02. The van der Waals surface area contributed by atoms with E-state index in [4.69, 9.17) is 0 Å². The third-order valence-electron chi connectivity index (χ3n) is 3.93. The molecule has 4 heteroatoms. The molecule has 20 heavy (non-hydrogen) atoms. The summed E-state index contributed by atoms with van der Waals surface area (Å²) in [5, 5.41) is 8.14. The third-order valence-corrected chi connectivity index (χ3v) is 3.93. The minimum atomic E-state index is 0.547. The lowest BCUT2D eigenvalue weighted by Gasteiger charge is -2.23. The molecule has 0 radical (unpaired) electrons. The Bertz CT molecular complexity index is 369. The van der Waals surface area contributed by atoms with E-state index in [0.717, 1.165) is 31.7 Å². The van der Waals surface area contributed by atoms with Crippen LogP contribution in [0.25, 0.3) is 0 Å². The fraction of sp³-hybridized carbons (Fsp3) is 0.812. The lowest BCUT2D eigenvalue weighted by atomic mass is 10.1. The SMILES string of the molecule is CCCNC(CCN(CC)CC)Cc1cc(C)nn1C. The van der Waals surface area contributed by atoms with Crippen molar-refractivity contribution in [3.8, 4) is 0 Å². The summed E-state index contributed by atoms with van der Waals surface area (Å²) >= 11 is 0. The summed E-state index contributed by atoms with van der Waals surface area (Å²) in [6.07, 6.45) is 3.46. The van der Waals surface area contributed by atoms with Crippen molar-refractivity contribution in [2.24, 2.45) is 7.05 Å². The molecule has 1 N–H and O–H groups in total. The van der Waals surface area contributed by atoms with Crippen molar-refractivity contribution in [1.82, 2.24) is 20.0 Å². The summed E-state index contributed by atoms with van der Waals surface area (Å²) in [7, 11) is 2.05. The number of rotatable bonds is 10. The molecule has 0 saturated carbocycles. The van der Waals surface area contributed by atoms with Crippen LogP contribution in [-0.2, 0) is 13.5 Å². The molecule has 1 aromatic heterocycles. The first-order chi connectivity index (χ1) is 9.60. The van der Waals surface area contributed by atoms with E-state index in [9.17, 15) is 0 Å². The summed E-state index contributed by atoms with van der Waals surface area (Å²) in [4.78, 5) is 2.50. The van der Waals surface area contributed by atoms with Gasteiger partial charge in [0.15, 0.2) is 0 Å². The molecular weight excluding hydrogens is 248 g/mol. The number of hydrogen-bond donors (Lipinski definition) is 1. The van der Waals surface area contributed by atoms with Crippen molar-refractivity contribution in [3.05, 3.63) is 17.5 Å². The van der Waals surface area contributed by atoms with Crippen molar-refractivity contribution in [2.75, 3.05) is 26.2 Å². The molecule has 116 valence electrons. The Hall–Kier alpha value is -0.870. The molecule has 1 atom stereocenters. The van der Waals surface area contributed by atoms with Crippen LogP contribution in [0.1, 0.15) is 45.0 Å². The van der Waals surface area contributed by atoms with Gasteiger partial charge in [0, 0.05) is 25.2 Å². The highest BCUT2D eigenvalue weighted by molar-refractivity contribution is 5.10. The minimum absolute atomic E-state index is 0.547. The van der Waals surface area contributed by atoms with Gasteiger partial charge in [0.2, 0.25) is 0 Å². The van der Waals surface area contributed by atoms with Crippen LogP contribution in [0.5, 0.6) is 0 Å². The molecule has 0 spiro atoms. The Morgan fingerprint density at radius 1 is 1.30 bits per heavy atom. The Morgan fingerprint density at radius 2 is 2.00 bits per heavy atom. The number of aromatic nitrogens is 2.